The quantitative estimate of drug-likeness (QED) is 0.561. The lowest BCUT2D eigenvalue weighted by Crippen LogP contribution is -2.39. The van der Waals surface area contributed by atoms with Crippen LogP contribution in [0.1, 0.15) is 46.5 Å². The number of fused-ring (bicyclic) bond motifs is 3. The molecule has 5 unspecified atom stereocenters. The van der Waals surface area contributed by atoms with Crippen LogP contribution in [0.4, 0.5) is 0 Å². The summed E-state index contributed by atoms with van der Waals surface area (Å²) in [7, 11) is 0. The Morgan fingerprint density at radius 2 is 2.00 bits per heavy atom. The summed E-state index contributed by atoms with van der Waals surface area (Å²) < 4.78 is 5.85. The van der Waals surface area contributed by atoms with Gasteiger partial charge in [-0.1, -0.05) is 12.2 Å². The van der Waals surface area contributed by atoms with Crippen molar-refractivity contribution in [2.24, 2.45) is 17.8 Å². The highest BCUT2D eigenvalue weighted by Crippen LogP contribution is 2.62. The number of aliphatic hydroxyl groups is 1. The van der Waals surface area contributed by atoms with Gasteiger partial charge in [-0.3, -0.25) is 0 Å². The van der Waals surface area contributed by atoms with Crippen molar-refractivity contribution in [1.29, 1.82) is 0 Å². The van der Waals surface area contributed by atoms with E-state index in [1.54, 1.807) is 0 Å². The zero-order valence-electron chi connectivity index (χ0n) is 11.2. The van der Waals surface area contributed by atoms with Gasteiger partial charge in [0, 0.05) is 0 Å². The van der Waals surface area contributed by atoms with Crippen LogP contribution in [0.25, 0.3) is 0 Å². The van der Waals surface area contributed by atoms with E-state index < -0.39 is 5.60 Å². The molecule has 0 amide bonds. The van der Waals surface area contributed by atoms with Crippen LogP contribution in [0.15, 0.2) is 12.2 Å². The van der Waals surface area contributed by atoms with Crippen LogP contribution in [0.5, 0.6) is 0 Å². The molecule has 1 N–H and O–H groups in total. The number of hydrogen-bond donors (Lipinski definition) is 1. The Balaban J connectivity index is 1.90. The molecule has 2 heteroatoms. The SMILES string of the molecule is C=C(C)C1CC[C@@](C)(O)C2CC3OC3(C)C2C1. The Labute approximate surface area is 104 Å². The van der Waals surface area contributed by atoms with Crippen LogP contribution < -0.4 is 0 Å². The largest absolute Gasteiger partial charge is 0.390 e. The molecule has 96 valence electrons. The van der Waals surface area contributed by atoms with Crippen molar-refractivity contribution in [3.8, 4) is 0 Å². The minimum atomic E-state index is -0.505. The van der Waals surface area contributed by atoms with E-state index in [0.717, 1.165) is 25.7 Å². The molecular weight excluding hydrogens is 212 g/mol. The van der Waals surface area contributed by atoms with Gasteiger partial charge < -0.3 is 9.84 Å². The average Bonchev–Trinajstić information content (AvgIpc) is 2.82. The summed E-state index contributed by atoms with van der Waals surface area (Å²) in [4.78, 5) is 0. The highest BCUT2D eigenvalue weighted by Gasteiger charge is 2.68. The van der Waals surface area contributed by atoms with Gasteiger partial charge in [0.05, 0.1) is 17.3 Å². The summed E-state index contributed by atoms with van der Waals surface area (Å²) in [6.07, 6.45) is 4.61. The number of rotatable bonds is 1. The van der Waals surface area contributed by atoms with Crippen LogP contribution in [0, 0.1) is 17.8 Å². The highest BCUT2D eigenvalue weighted by molar-refractivity contribution is 5.18. The van der Waals surface area contributed by atoms with Gasteiger partial charge in [-0.05, 0) is 64.2 Å². The minimum Gasteiger partial charge on any atom is -0.390 e. The van der Waals surface area contributed by atoms with Gasteiger partial charge in [0.1, 0.15) is 0 Å². The molecular formula is C15H24O2. The number of ether oxygens (including phenoxy) is 1. The topological polar surface area (TPSA) is 32.8 Å². The lowest BCUT2D eigenvalue weighted by molar-refractivity contribution is -0.0437. The third-order valence-corrected chi connectivity index (χ3v) is 5.70. The van der Waals surface area contributed by atoms with Crippen molar-refractivity contribution in [3.63, 3.8) is 0 Å². The van der Waals surface area contributed by atoms with Crippen molar-refractivity contribution in [2.45, 2.75) is 63.8 Å². The van der Waals surface area contributed by atoms with Gasteiger partial charge in [0.25, 0.3) is 0 Å². The molecule has 2 saturated carbocycles. The summed E-state index contributed by atoms with van der Waals surface area (Å²) in [6, 6.07) is 0. The fraction of sp³-hybridized carbons (Fsp3) is 0.867. The van der Waals surface area contributed by atoms with Gasteiger partial charge >= 0.3 is 0 Å². The second kappa shape index (κ2) is 3.36. The molecule has 1 saturated heterocycles. The van der Waals surface area contributed by atoms with E-state index >= 15 is 0 Å². The van der Waals surface area contributed by atoms with E-state index in [1.165, 1.54) is 5.57 Å². The maximum Gasteiger partial charge on any atom is 0.0952 e. The fourth-order valence-corrected chi connectivity index (χ4v) is 4.28. The molecule has 3 rings (SSSR count). The van der Waals surface area contributed by atoms with Crippen LogP contribution in [-0.4, -0.2) is 22.4 Å². The first-order chi connectivity index (χ1) is 7.84. The minimum absolute atomic E-state index is 0.0622. The Bertz CT molecular complexity index is 360. The summed E-state index contributed by atoms with van der Waals surface area (Å²) in [5, 5.41) is 10.7. The van der Waals surface area contributed by atoms with Crippen molar-refractivity contribution < 1.29 is 9.84 Å². The van der Waals surface area contributed by atoms with Gasteiger partial charge in [0.2, 0.25) is 0 Å². The van der Waals surface area contributed by atoms with E-state index in [2.05, 4.69) is 20.4 Å². The smallest absolute Gasteiger partial charge is 0.0952 e. The van der Waals surface area contributed by atoms with Crippen molar-refractivity contribution >= 4 is 0 Å². The molecule has 17 heavy (non-hydrogen) atoms. The van der Waals surface area contributed by atoms with E-state index in [4.69, 9.17) is 4.74 Å². The molecule has 3 aliphatic rings. The Kier molecular flexibility index (Phi) is 2.32. The molecule has 0 aromatic carbocycles. The van der Waals surface area contributed by atoms with Gasteiger partial charge in [-0.25, -0.2) is 0 Å². The highest BCUT2D eigenvalue weighted by atomic mass is 16.6. The van der Waals surface area contributed by atoms with Gasteiger partial charge in [-0.2, -0.15) is 0 Å². The zero-order valence-corrected chi connectivity index (χ0v) is 11.2. The molecule has 0 bridgehead atoms. The van der Waals surface area contributed by atoms with Crippen molar-refractivity contribution in [3.05, 3.63) is 12.2 Å². The average molecular weight is 236 g/mol. The molecule has 3 fully saturated rings. The summed E-state index contributed by atoms with van der Waals surface area (Å²) in [5.41, 5.74) is 0.829. The fourth-order valence-electron chi connectivity index (χ4n) is 4.28. The molecule has 0 spiro atoms. The lowest BCUT2D eigenvalue weighted by atomic mass is 9.76. The normalized spacial score (nSPS) is 56.9. The first-order valence-electron chi connectivity index (χ1n) is 6.90. The summed E-state index contributed by atoms with van der Waals surface area (Å²) in [5.74, 6) is 1.51. The van der Waals surface area contributed by atoms with Gasteiger partial charge in [-0.15, -0.1) is 0 Å². The second-order valence-electron chi connectivity index (χ2n) is 6.91. The lowest BCUT2D eigenvalue weighted by Gasteiger charge is -2.34. The first-order valence-corrected chi connectivity index (χ1v) is 6.90. The zero-order chi connectivity index (χ0) is 12.4. The third kappa shape index (κ3) is 1.61. The number of epoxide rings is 1. The van der Waals surface area contributed by atoms with Crippen LogP contribution in [0.2, 0.25) is 0 Å². The van der Waals surface area contributed by atoms with Crippen LogP contribution >= 0.6 is 0 Å². The standard InChI is InChI=1S/C15H24O2/c1-9(2)10-5-6-14(3,16)11-8-13-15(4,17-13)12(11)7-10/h10-13,16H,1,5-8H2,2-4H3/t10?,11?,12?,13?,14-,15?/m1/s1. The summed E-state index contributed by atoms with van der Waals surface area (Å²) in [6.45, 7) is 10.5. The molecule has 0 aromatic rings. The number of allylic oxidation sites excluding steroid dienone is 1. The molecule has 6 atom stereocenters. The van der Waals surface area contributed by atoms with Crippen molar-refractivity contribution in [2.75, 3.05) is 0 Å². The summed E-state index contributed by atoms with van der Waals surface area (Å²) >= 11 is 0. The molecule has 1 heterocycles. The van der Waals surface area contributed by atoms with E-state index in [1.807, 2.05) is 6.92 Å². The molecule has 2 aliphatic carbocycles. The molecule has 1 aliphatic heterocycles. The maximum absolute atomic E-state index is 10.7. The number of hydrogen-bond acceptors (Lipinski definition) is 2. The van der Waals surface area contributed by atoms with Crippen LogP contribution in [0.3, 0.4) is 0 Å². The molecule has 0 radical (unpaired) electrons. The maximum atomic E-state index is 10.7. The van der Waals surface area contributed by atoms with Gasteiger partial charge in [0.15, 0.2) is 0 Å². The van der Waals surface area contributed by atoms with E-state index in [0.29, 0.717) is 23.9 Å². The van der Waals surface area contributed by atoms with E-state index in [-0.39, 0.29) is 5.60 Å². The Hall–Kier alpha value is -0.340. The molecule has 0 aromatic heterocycles. The monoisotopic (exact) mass is 236 g/mol. The van der Waals surface area contributed by atoms with E-state index in [9.17, 15) is 5.11 Å². The first kappa shape index (κ1) is 11.7. The predicted molar refractivity (Wildman–Crippen MR) is 67.7 cm³/mol. The van der Waals surface area contributed by atoms with Crippen LogP contribution in [-0.2, 0) is 4.74 Å². The third-order valence-electron chi connectivity index (χ3n) is 5.70. The Morgan fingerprint density at radius 3 is 2.65 bits per heavy atom. The second-order valence-corrected chi connectivity index (χ2v) is 6.91. The Morgan fingerprint density at radius 1 is 1.29 bits per heavy atom. The van der Waals surface area contributed by atoms with Crippen molar-refractivity contribution in [1.82, 2.24) is 0 Å². The predicted octanol–water partition coefficient (Wildman–Crippen LogP) is 2.91. The molecule has 2 nitrogen and oxygen atoms in total.